The SMILES string of the molecule is CC(C)c1cccc(C(C)C)c1N=C(Nc1cccc(NC(=Nc2c(C(C)C)cccc2C(C)C)N2CCCC2)c1)N1CCCC1. The lowest BCUT2D eigenvalue weighted by atomic mass is 9.93. The van der Waals surface area contributed by atoms with Gasteiger partial charge in [-0.3, -0.25) is 0 Å². The fourth-order valence-corrected chi connectivity index (χ4v) is 6.64. The quantitative estimate of drug-likeness (QED) is 0.194. The normalized spacial score (nSPS) is 16.1. The Labute approximate surface area is 278 Å². The Morgan fingerprint density at radius 2 is 0.804 bits per heavy atom. The Hall–Kier alpha value is -3.80. The van der Waals surface area contributed by atoms with Crippen molar-refractivity contribution in [2.24, 2.45) is 9.98 Å². The van der Waals surface area contributed by atoms with E-state index in [1.54, 1.807) is 0 Å². The van der Waals surface area contributed by atoms with Crippen molar-refractivity contribution in [3.05, 3.63) is 82.9 Å². The maximum atomic E-state index is 5.42. The van der Waals surface area contributed by atoms with Crippen LogP contribution < -0.4 is 10.6 Å². The molecule has 0 spiro atoms. The van der Waals surface area contributed by atoms with Crippen molar-refractivity contribution in [1.29, 1.82) is 0 Å². The molecule has 0 atom stereocenters. The van der Waals surface area contributed by atoms with Gasteiger partial charge in [-0.15, -0.1) is 0 Å². The highest BCUT2D eigenvalue weighted by molar-refractivity contribution is 5.99. The molecule has 0 saturated carbocycles. The zero-order chi connectivity index (χ0) is 32.8. The van der Waals surface area contributed by atoms with Crippen LogP contribution in [-0.2, 0) is 0 Å². The molecular weight excluding hydrogens is 564 g/mol. The molecule has 2 aliphatic rings. The predicted octanol–water partition coefficient (Wildman–Crippen LogP) is 10.6. The van der Waals surface area contributed by atoms with Crippen LogP contribution in [0.2, 0.25) is 0 Å². The van der Waals surface area contributed by atoms with Crippen molar-refractivity contribution in [1.82, 2.24) is 9.80 Å². The van der Waals surface area contributed by atoms with E-state index in [0.29, 0.717) is 23.7 Å². The number of nitrogens with one attached hydrogen (secondary N) is 2. The van der Waals surface area contributed by atoms with Crippen LogP contribution in [0, 0.1) is 0 Å². The zero-order valence-corrected chi connectivity index (χ0v) is 29.5. The molecule has 2 heterocycles. The topological polar surface area (TPSA) is 55.3 Å². The molecule has 2 fully saturated rings. The minimum Gasteiger partial charge on any atom is -0.342 e. The van der Waals surface area contributed by atoms with E-state index in [-0.39, 0.29) is 0 Å². The molecule has 2 aliphatic heterocycles. The first-order valence-corrected chi connectivity index (χ1v) is 17.7. The first-order chi connectivity index (χ1) is 22.1. The summed E-state index contributed by atoms with van der Waals surface area (Å²) < 4.78 is 0. The summed E-state index contributed by atoms with van der Waals surface area (Å²) in [5.41, 5.74) is 9.48. The molecule has 0 aliphatic carbocycles. The summed E-state index contributed by atoms with van der Waals surface area (Å²) >= 11 is 0. The molecule has 0 bridgehead atoms. The van der Waals surface area contributed by atoms with E-state index in [4.69, 9.17) is 9.98 Å². The maximum absolute atomic E-state index is 5.42. The number of likely N-dealkylation sites (tertiary alicyclic amines) is 2. The minimum atomic E-state index is 0.394. The van der Waals surface area contributed by atoms with E-state index in [9.17, 15) is 0 Å². The minimum absolute atomic E-state index is 0.394. The van der Waals surface area contributed by atoms with E-state index >= 15 is 0 Å². The fourth-order valence-electron chi connectivity index (χ4n) is 6.64. The highest BCUT2D eigenvalue weighted by Gasteiger charge is 2.22. The number of anilines is 2. The lowest BCUT2D eigenvalue weighted by molar-refractivity contribution is 0.518. The molecular formula is C40H56N6. The van der Waals surface area contributed by atoms with Gasteiger partial charge in [-0.1, -0.05) is 97.9 Å². The summed E-state index contributed by atoms with van der Waals surface area (Å²) in [6.45, 7) is 22.2. The van der Waals surface area contributed by atoms with Gasteiger partial charge >= 0.3 is 0 Å². The van der Waals surface area contributed by atoms with Crippen LogP contribution in [0.1, 0.15) is 127 Å². The van der Waals surface area contributed by atoms with Gasteiger partial charge in [0.15, 0.2) is 0 Å². The molecule has 6 nitrogen and oxygen atoms in total. The molecule has 0 radical (unpaired) electrons. The van der Waals surface area contributed by atoms with Crippen molar-refractivity contribution in [3.8, 4) is 0 Å². The number of nitrogens with zero attached hydrogens (tertiary/aromatic N) is 4. The number of aliphatic imine (C=N–C) groups is 2. The van der Waals surface area contributed by atoms with Crippen molar-refractivity contribution in [3.63, 3.8) is 0 Å². The Morgan fingerprint density at radius 3 is 1.11 bits per heavy atom. The van der Waals surface area contributed by atoms with Gasteiger partial charge in [0.1, 0.15) is 0 Å². The van der Waals surface area contributed by atoms with Gasteiger partial charge in [0, 0.05) is 37.6 Å². The number of benzene rings is 3. The number of para-hydroxylation sites is 2. The van der Waals surface area contributed by atoms with Crippen LogP contribution >= 0.6 is 0 Å². The summed E-state index contributed by atoms with van der Waals surface area (Å²) in [5, 5.41) is 7.53. The van der Waals surface area contributed by atoms with Gasteiger partial charge in [0.2, 0.25) is 11.9 Å². The largest absolute Gasteiger partial charge is 0.342 e. The summed E-state index contributed by atoms with van der Waals surface area (Å²) in [5.74, 6) is 3.45. The summed E-state index contributed by atoms with van der Waals surface area (Å²) in [4.78, 5) is 15.7. The molecule has 2 N–H and O–H groups in total. The number of hydrogen-bond acceptors (Lipinski definition) is 2. The smallest absolute Gasteiger partial charge is 0.203 e. The average Bonchev–Trinajstić information content (AvgIpc) is 3.76. The van der Waals surface area contributed by atoms with Gasteiger partial charge in [0.05, 0.1) is 11.4 Å². The van der Waals surface area contributed by atoms with E-state index in [0.717, 1.165) is 60.8 Å². The summed E-state index contributed by atoms with van der Waals surface area (Å²) in [6, 6.07) is 21.9. The second kappa shape index (κ2) is 15.2. The van der Waals surface area contributed by atoms with Crippen molar-refractivity contribution in [2.45, 2.75) is 105 Å². The molecule has 5 rings (SSSR count). The monoisotopic (exact) mass is 620 g/mol. The average molecular weight is 621 g/mol. The zero-order valence-electron chi connectivity index (χ0n) is 29.5. The van der Waals surface area contributed by atoms with Crippen LogP contribution in [0.3, 0.4) is 0 Å². The third-order valence-corrected chi connectivity index (χ3v) is 9.31. The lowest BCUT2D eigenvalue weighted by Crippen LogP contribution is -2.34. The maximum Gasteiger partial charge on any atom is 0.203 e. The number of guanidine groups is 2. The lowest BCUT2D eigenvalue weighted by Gasteiger charge is -2.25. The van der Waals surface area contributed by atoms with Crippen LogP contribution in [0.15, 0.2) is 70.6 Å². The van der Waals surface area contributed by atoms with Crippen LogP contribution in [0.25, 0.3) is 0 Å². The number of hydrogen-bond donors (Lipinski definition) is 2. The first-order valence-electron chi connectivity index (χ1n) is 17.7. The van der Waals surface area contributed by atoms with Crippen molar-refractivity contribution in [2.75, 3.05) is 36.8 Å². The van der Waals surface area contributed by atoms with Crippen molar-refractivity contribution >= 4 is 34.7 Å². The Bertz CT molecular complexity index is 1360. The third kappa shape index (κ3) is 7.94. The Kier molecular flexibility index (Phi) is 11.1. The number of rotatable bonds is 8. The molecule has 2 saturated heterocycles. The van der Waals surface area contributed by atoms with E-state index in [1.807, 2.05) is 0 Å². The molecule has 6 heteroatoms. The van der Waals surface area contributed by atoms with Gasteiger partial charge in [-0.25, -0.2) is 9.98 Å². The Balaban J connectivity index is 1.51. The molecule has 0 amide bonds. The van der Waals surface area contributed by atoms with E-state index in [1.165, 1.54) is 47.9 Å². The van der Waals surface area contributed by atoms with Crippen molar-refractivity contribution < 1.29 is 0 Å². The van der Waals surface area contributed by atoms with Gasteiger partial charge in [0.25, 0.3) is 0 Å². The van der Waals surface area contributed by atoms with Crippen LogP contribution in [-0.4, -0.2) is 47.9 Å². The fraction of sp³-hybridized carbons (Fsp3) is 0.500. The van der Waals surface area contributed by atoms with E-state index in [2.05, 4.69) is 136 Å². The summed E-state index contributed by atoms with van der Waals surface area (Å²) in [6.07, 6.45) is 4.77. The highest BCUT2D eigenvalue weighted by atomic mass is 15.3. The predicted molar refractivity (Wildman–Crippen MR) is 199 cm³/mol. The standard InChI is InChI=1S/C40H56N6/c1-27(2)33-18-14-19-34(28(3)4)37(33)43-39(45-22-9-10-23-45)41-31-16-13-17-32(26-31)42-40(46-24-11-12-25-46)44-38-35(29(5)6)20-15-21-36(38)30(7)8/h13-21,26-30H,9-12,22-25H2,1-8H3,(H,41,43)(H,42,44). The first kappa shape index (κ1) is 33.6. The van der Waals surface area contributed by atoms with Gasteiger partial charge < -0.3 is 20.4 Å². The molecule has 3 aromatic carbocycles. The molecule has 0 aromatic heterocycles. The Morgan fingerprint density at radius 1 is 0.500 bits per heavy atom. The summed E-state index contributed by atoms with van der Waals surface area (Å²) in [7, 11) is 0. The van der Waals surface area contributed by atoms with Crippen LogP contribution in [0.5, 0.6) is 0 Å². The molecule has 3 aromatic rings. The van der Waals surface area contributed by atoms with Gasteiger partial charge in [-0.2, -0.15) is 0 Å². The van der Waals surface area contributed by atoms with E-state index < -0.39 is 0 Å². The molecule has 0 unspecified atom stereocenters. The second-order valence-electron chi connectivity index (χ2n) is 14.3. The molecule has 246 valence electrons. The van der Waals surface area contributed by atoms with Gasteiger partial charge in [-0.05, 0) is 89.8 Å². The highest BCUT2D eigenvalue weighted by Crippen LogP contribution is 2.37. The van der Waals surface area contributed by atoms with Crippen LogP contribution in [0.4, 0.5) is 22.7 Å². The third-order valence-electron chi connectivity index (χ3n) is 9.31. The molecule has 46 heavy (non-hydrogen) atoms. The second-order valence-corrected chi connectivity index (χ2v) is 14.3.